The van der Waals surface area contributed by atoms with Gasteiger partial charge in [-0.1, -0.05) is 24.4 Å². The summed E-state index contributed by atoms with van der Waals surface area (Å²) in [4.78, 5) is 12.0. The van der Waals surface area contributed by atoms with Crippen molar-refractivity contribution in [1.82, 2.24) is 5.32 Å². The Morgan fingerprint density at radius 1 is 1.39 bits per heavy atom. The highest BCUT2D eigenvalue weighted by Crippen LogP contribution is 2.23. The molecule has 3 nitrogen and oxygen atoms in total. The summed E-state index contributed by atoms with van der Waals surface area (Å²) in [6, 6.07) is 3.72. The van der Waals surface area contributed by atoms with Crippen molar-refractivity contribution in [2.45, 2.75) is 31.7 Å². The van der Waals surface area contributed by atoms with Crippen LogP contribution in [0.3, 0.4) is 0 Å². The van der Waals surface area contributed by atoms with Gasteiger partial charge in [0.05, 0.1) is 16.8 Å². The molecule has 0 radical (unpaired) electrons. The molecule has 0 aromatic heterocycles. The summed E-state index contributed by atoms with van der Waals surface area (Å²) in [5.74, 6) is -0.562. The van der Waals surface area contributed by atoms with Crippen molar-refractivity contribution in [3.8, 4) is 0 Å². The second kappa shape index (κ2) is 6.16. The van der Waals surface area contributed by atoms with Gasteiger partial charge in [-0.05, 0) is 37.6 Å². The molecular formula is C13H16ClFN2O. The van der Waals surface area contributed by atoms with Gasteiger partial charge in [-0.25, -0.2) is 4.39 Å². The predicted octanol–water partition coefficient (Wildman–Crippen LogP) is 2.95. The molecule has 1 amide bonds. The third-order valence-corrected chi connectivity index (χ3v) is 3.39. The number of hydrogen-bond donors (Lipinski definition) is 2. The third kappa shape index (κ3) is 3.43. The normalized spacial score (nSPS) is 20.2. The van der Waals surface area contributed by atoms with Gasteiger partial charge in [-0.2, -0.15) is 0 Å². The van der Waals surface area contributed by atoms with Gasteiger partial charge >= 0.3 is 0 Å². The summed E-state index contributed by atoms with van der Waals surface area (Å²) in [5.41, 5.74) is 0.327. The maximum Gasteiger partial charge on any atom is 0.241 e. The number of hydrogen-bond acceptors (Lipinski definition) is 2. The topological polar surface area (TPSA) is 41.1 Å². The Morgan fingerprint density at radius 2 is 2.22 bits per heavy atom. The molecule has 1 aromatic carbocycles. The summed E-state index contributed by atoms with van der Waals surface area (Å²) in [6.45, 7) is 0.842. The molecule has 1 aliphatic heterocycles. The molecule has 1 aromatic rings. The van der Waals surface area contributed by atoms with E-state index in [4.69, 9.17) is 11.6 Å². The van der Waals surface area contributed by atoms with Crippen molar-refractivity contribution in [3.05, 3.63) is 29.0 Å². The van der Waals surface area contributed by atoms with Crippen molar-refractivity contribution < 1.29 is 9.18 Å². The number of carbonyl (C=O) groups is 1. The molecule has 18 heavy (non-hydrogen) atoms. The maximum atomic E-state index is 13.1. The van der Waals surface area contributed by atoms with Crippen LogP contribution in [0.15, 0.2) is 18.2 Å². The highest BCUT2D eigenvalue weighted by molar-refractivity contribution is 6.33. The van der Waals surface area contributed by atoms with Gasteiger partial charge in [-0.3, -0.25) is 4.79 Å². The van der Waals surface area contributed by atoms with E-state index < -0.39 is 5.82 Å². The number of halogens is 2. The van der Waals surface area contributed by atoms with Crippen LogP contribution >= 0.6 is 11.6 Å². The van der Waals surface area contributed by atoms with Crippen molar-refractivity contribution in [2.75, 3.05) is 11.9 Å². The summed E-state index contributed by atoms with van der Waals surface area (Å²) < 4.78 is 13.1. The molecule has 1 atom stereocenters. The van der Waals surface area contributed by atoms with Crippen molar-refractivity contribution in [2.24, 2.45) is 0 Å². The average molecular weight is 271 g/mol. The first-order valence-electron chi connectivity index (χ1n) is 6.16. The van der Waals surface area contributed by atoms with E-state index in [1.807, 2.05) is 0 Å². The lowest BCUT2D eigenvalue weighted by Crippen LogP contribution is -2.39. The first-order chi connectivity index (χ1) is 8.66. The van der Waals surface area contributed by atoms with E-state index in [0.717, 1.165) is 32.2 Å². The minimum absolute atomic E-state index is 0.149. The van der Waals surface area contributed by atoms with E-state index in [1.165, 1.54) is 18.2 Å². The Hall–Kier alpha value is -1.13. The van der Waals surface area contributed by atoms with E-state index in [-0.39, 0.29) is 11.9 Å². The Kier molecular flexibility index (Phi) is 4.55. The molecule has 1 aliphatic rings. The molecule has 0 bridgehead atoms. The van der Waals surface area contributed by atoms with Crippen LogP contribution in [0.1, 0.15) is 25.7 Å². The van der Waals surface area contributed by atoms with Crippen LogP contribution in [-0.4, -0.2) is 18.5 Å². The fourth-order valence-electron chi connectivity index (χ4n) is 2.07. The minimum atomic E-state index is -0.413. The fraction of sp³-hybridized carbons (Fsp3) is 0.462. The SMILES string of the molecule is O=C(Nc1cc(F)ccc1Cl)C1CCCCCN1. The van der Waals surface area contributed by atoms with Gasteiger partial charge in [0, 0.05) is 0 Å². The smallest absolute Gasteiger partial charge is 0.241 e. The minimum Gasteiger partial charge on any atom is -0.323 e. The van der Waals surface area contributed by atoms with E-state index in [2.05, 4.69) is 10.6 Å². The zero-order valence-electron chi connectivity index (χ0n) is 10.0. The number of amides is 1. The highest BCUT2D eigenvalue weighted by atomic mass is 35.5. The van der Waals surface area contributed by atoms with Gasteiger partial charge < -0.3 is 10.6 Å². The number of anilines is 1. The first-order valence-corrected chi connectivity index (χ1v) is 6.54. The molecule has 1 fully saturated rings. The third-order valence-electron chi connectivity index (χ3n) is 3.06. The van der Waals surface area contributed by atoms with Gasteiger partial charge in [0.25, 0.3) is 0 Å². The van der Waals surface area contributed by atoms with E-state index >= 15 is 0 Å². The molecule has 2 rings (SSSR count). The van der Waals surface area contributed by atoms with Gasteiger partial charge in [0.15, 0.2) is 0 Å². The van der Waals surface area contributed by atoms with Crippen LogP contribution in [0.25, 0.3) is 0 Å². The molecule has 1 heterocycles. The van der Waals surface area contributed by atoms with Crippen LogP contribution in [0.5, 0.6) is 0 Å². The number of benzene rings is 1. The Balaban J connectivity index is 2.03. The van der Waals surface area contributed by atoms with Crippen LogP contribution in [0, 0.1) is 5.82 Å². The van der Waals surface area contributed by atoms with Crippen molar-refractivity contribution in [3.63, 3.8) is 0 Å². The molecular weight excluding hydrogens is 255 g/mol. The second-order valence-electron chi connectivity index (χ2n) is 4.47. The maximum absolute atomic E-state index is 13.1. The number of carbonyl (C=O) groups excluding carboxylic acids is 1. The Morgan fingerprint density at radius 3 is 3.06 bits per heavy atom. The summed E-state index contributed by atoms with van der Waals surface area (Å²) in [7, 11) is 0. The van der Waals surface area contributed by atoms with Crippen LogP contribution in [0.4, 0.5) is 10.1 Å². The summed E-state index contributed by atoms with van der Waals surface area (Å²) in [5, 5.41) is 6.21. The van der Waals surface area contributed by atoms with E-state index in [1.54, 1.807) is 0 Å². The first kappa shape index (κ1) is 13.3. The predicted molar refractivity (Wildman–Crippen MR) is 70.3 cm³/mol. The lowest BCUT2D eigenvalue weighted by atomic mass is 10.1. The molecule has 2 N–H and O–H groups in total. The quantitative estimate of drug-likeness (QED) is 0.868. The lowest BCUT2D eigenvalue weighted by molar-refractivity contribution is -0.118. The van der Waals surface area contributed by atoms with Gasteiger partial charge in [0.1, 0.15) is 5.82 Å². The van der Waals surface area contributed by atoms with E-state index in [0.29, 0.717) is 10.7 Å². The Labute approximate surface area is 111 Å². The van der Waals surface area contributed by atoms with Crippen molar-refractivity contribution in [1.29, 1.82) is 0 Å². The number of nitrogens with one attached hydrogen (secondary N) is 2. The summed E-state index contributed by atoms with van der Waals surface area (Å²) >= 11 is 5.91. The lowest BCUT2D eigenvalue weighted by Gasteiger charge is -2.16. The molecule has 0 aliphatic carbocycles. The van der Waals surface area contributed by atoms with E-state index in [9.17, 15) is 9.18 Å². The molecule has 1 saturated heterocycles. The fourth-order valence-corrected chi connectivity index (χ4v) is 2.23. The van der Waals surface area contributed by atoms with Gasteiger partial charge in [-0.15, -0.1) is 0 Å². The summed E-state index contributed by atoms with van der Waals surface area (Å²) in [6.07, 6.45) is 4.06. The average Bonchev–Trinajstić information content (AvgIpc) is 2.62. The van der Waals surface area contributed by atoms with Crippen LogP contribution in [-0.2, 0) is 4.79 Å². The molecule has 0 saturated carbocycles. The Bertz CT molecular complexity index is 431. The molecule has 0 spiro atoms. The van der Waals surface area contributed by atoms with Gasteiger partial charge in [0.2, 0.25) is 5.91 Å². The standard InChI is InChI=1S/C13H16ClFN2O/c14-10-6-5-9(15)8-12(10)17-13(18)11-4-2-1-3-7-16-11/h5-6,8,11,16H,1-4,7H2,(H,17,18). The largest absolute Gasteiger partial charge is 0.323 e. The highest BCUT2D eigenvalue weighted by Gasteiger charge is 2.20. The number of rotatable bonds is 2. The second-order valence-corrected chi connectivity index (χ2v) is 4.88. The molecule has 1 unspecified atom stereocenters. The molecule has 5 heteroatoms. The van der Waals surface area contributed by atoms with Crippen LogP contribution < -0.4 is 10.6 Å². The zero-order chi connectivity index (χ0) is 13.0. The zero-order valence-corrected chi connectivity index (χ0v) is 10.8. The van der Waals surface area contributed by atoms with Crippen molar-refractivity contribution >= 4 is 23.2 Å². The van der Waals surface area contributed by atoms with Crippen LogP contribution in [0.2, 0.25) is 5.02 Å². The monoisotopic (exact) mass is 270 g/mol. The molecule has 98 valence electrons.